The first-order valence-corrected chi connectivity index (χ1v) is 5.08. The molecule has 0 unspecified atom stereocenters. The molecule has 0 spiro atoms. The summed E-state index contributed by atoms with van der Waals surface area (Å²) in [7, 11) is 2.76. The Labute approximate surface area is 89.1 Å². The molecule has 0 bridgehead atoms. The summed E-state index contributed by atoms with van der Waals surface area (Å²) in [5.74, 6) is -0.436. The first-order valence-electron chi connectivity index (χ1n) is 5.08. The van der Waals surface area contributed by atoms with Gasteiger partial charge < -0.3 is 14.8 Å². The van der Waals surface area contributed by atoms with Crippen molar-refractivity contribution < 1.29 is 19.1 Å². The van der Waals surface area contributed by atoms with Crippen molar-refractivity contribution in [2.45, 2.75) is 37.8 Å². The molecule has 1 aliphatic heterocycles. The minimum absolute atomic E-state index is 0.210. The highest BCUT2D eigenvalue weighted by Gasteiger charge is 2.29. The molecule has 5 heteroatoms. The number of carbonyl (C=O) groups excluding carboxylic acids is 2. The minimum atomic E-state index is -0.226. The molecule has 0 saturated carbocycles. The Hall–Kier alpha value is -1.10. The van der Waals surface area contributed by atoms with E-state index in [2.05, 4.69) is 14.8 Å². The molecule has 0 aromatic carbocycles. The maximum atomic E-state index is 11.2. The maximum Gasteiger partial charge on any atom is 0.322 e. The normalized spacial score (nSPS) is 24.9. The Morgan fingerprint density at radius 1 is 1.27 bits per heavy atom. The van der Waals surface area contributed by atoms with Crippen LogP contribution in [-0.2, 0) is 19.1 Å². The zero-order chi connectivity index (χ0) is 11.3. The molecule has 1 rings (SSSR count). The van der Waals surface area contributed by atoms with E-state index in [0.717, 1.165) is 12.8 Å². The summed E-state index contributed by atoms with van der Waals surface area (Å²) < 4.78 is 9.18. The van der Waals surface area contributed by atoms with Crippen molar-refractivity contribution in [2.24, 2.45) is 0 Å². The van der Waals surface area contributed by atoms with Crippen LogP contribution in [0.1, 0.15) is 25.7 Å². The largest absolute Gasteiger partial charge is 0.469 e. The number of nitrogens with one attached hydrogen (secondary N) is 1. The second-order valence-electron chi connectivity index (χ2n) is 3.63. The highest BCUT2D eigenvalue weighted by Crippen LogP contribution is 2.17. The SMILES string of the molecule is COC(=O)CC[C@H]1CC[C@@H](C(=O)OC)N1. The fourth-order valence-corrected chi connectivity index (χ4v) is 1.77. The highest BCUT2D eigenvalue weighted by atomic mass is 16.5. The summed E-state index contributed by atoms with van der Waals surface area (Å²) >= 11 is 0. The summed E-state index contributed by atoms with van der Waals surface area (Å²) in [6.07, 6.45) is 2.78. The Bertz CT molecular complexity index is 242. The van der Waals surface area contributed by atoms with E-state index in [-0.39, 0.29) is 24.0 Å². The Balaban J connectivity index is 2.24. The van der Waals surface area contributed by atoms with Crippen molar-refractivity contribution in [3.8, 4) is 0 Å². The molecule has 0 aromatic heterocycles. The topological polar surface area (TPSA) is 64.6 Å². The van der Waals surface area contributed by atoms with Crippen LogP contribution in [0.2, 0.25) is 0 Å². The van der Waals surface area contributed by atoms with Crippen molar-refractivity contribution in [3.05, 3.63) is 0 Å². The fraction of sp³-hybridized carbons (Fsp3) is 0.800. The van der Waals surface area contributed by atoms with E-state index in [0.29, 0.717) is 12.8 Å². The van der Waals surface area contributed by atoms with Crippen LogP contribution >= 0.6 is 0 Å². The predicted molar refractivity (Wildman–Crippen MR) is 53.2 cm³/mol. The third kappa shape index (κ3) is 3.51. The molecule has 1 fully saturated rings. The summed E-state index contributed by atoms with van der Waals surface area (Å²) in [6.45, 7) is 0. The third-order valence-electron chi connectivity index (χ3n) is 2.65. The van der Waals surface area contributed by atoms with Gasteiger partial charge in [-0.2, -0.15) is 0 Å². The van der Waals surface area contributed by atoms with Gasteiger partial charge in [0.25, 0.3) is 0 Å². The van der Waals surface area contributed by atoms with Gasteiger partial charge >= 0.3 is 11.9 Å². The van der Waals surface area contributed by atoms with Gasteiger partial charge in [0, 0.05) is 12.5 Å². The van der Waals surface area contributed by atoms with E-state index in [9.17, 15) is 9.59 Å². The number of hydrogen-bond acceptors (Lipinski definition) is 5. The van der Waals surface area contributed by atoms with Crippen LogP contribution in [0, 0.1) is 0 Å². The van der Waals surface area contributed by atoms with E-state index in [1.807, 2.05) is 0 Å². The lowest BCUT2D eigenvalue weighted by molar-refractivity contribution is -0.142. The van der Waals surface area contributed by atoms with Gasteiger partial charge in [0.05, 0.1) is 14.2 Å². The molecule has 86 valence electrons. The molecule has 0 aliphatic carbocycles. The molecule has 5 nitrogen and oxygen atoms in total. The lowest BCUT2D eigenvalue weighted by atomic mass is 10.1. The second-order valence-corrected chi connectivity index (χ2v) is 3.63. The van der Waals surface area contributed by atoms with E-state index in [1.165, 1.54) is 14.2 Å². The zero-order valence-electron chi connectivity index (χ0n) is 9.12. The zero-order valence-corrected chi connectivity index (χ0v) is 9.12. The van der Waals surface area contributed by atoms with Crippen LogP contribution in [-0.4, -0.2) is 38.2 Å². The number of ether oxygens (including phenoxy) is 2. The molecule has 1 saturated heterocycles. The van der Waals surface area contributed by atoms with Crippen LogP contribution in [0.4, 0.5) is 0 Å². The summed E-state index contributed by atoms with van der Waals surface area (Å²) in [6, 6.07) is 0.00541. The number of methoxy groups -OCH3 is 2. The fourth-order valence-electron chi connectivity index (χ4n) is 1.77. The summed E-state index contributed by atoms with van der Waals surface area (Å²) in [5.41, 5.74) is 0. The van der Waals surface area contributed by atoms with Crippen molar-refractivity contribution in [3.63, 3.8) is 0 Å². The van der Waals surface area contributed by atoms with Crippen molar-refractivity contribution >= 4 is 11.9 Å². The van der Waals surface area contributed by atoms with Gasteiger partial charge in [-0.3, -0.25) is 9.59 Å². The van der Waals surface area contributed by atoms with E-state index in [4.69, 9.17) is 0 Å². The van der Waals surface area contributed by atoms with Crippen molar-refractivity contribution in [1.29, 1.82) is 0 Å². The molecule has 0 aromatic rings. The smallest absolute Gasteiger partial charge is 0.322 e. The lowest BCUT2D eigenvalue weighted by Crippen LogP contribution is -2.36. The van der Waals surface area contributed by atoms with Gasteiger partial charge in [-0.25, -0.2) is 0 Å². The predicted octanol–water partition coefficient (Wildman–Crippen LogP) is 0.233. The molecule has 0 amide bonds. The second kappa shape index (κ2) is 5.70. The summed E-state index contributed by atoms with van der Waals surface area (Å²) in [5, 5.41) is 3.14. The first-order chi connectivity index (χ1) is 7.17. The molecule has 1 heterocycles. The van der Waals surface area contributed by atoms with Crippen LogP contribution in [0.3, 0.4) is 0 Å². The number of esters is 2. The van der Waals surface area contributed by atoms with Gasteiger partial charge in [-0.05, 0) is 19.3 Å². The van der Waals surface area contributed by atoms with Gasteiger partial charge in [0.15, 0.2) is 0 Å². The molecule has 2 atom stereocenters. The average Bonchev–Trinajstić information content (AvgIpc) is 2.73. The molecular weight excluding hydrogens is 198 g/mol. The Morgan fingerprint density at radius 3 is 2.60 bits per heavy atom. The molecular formula is C10H17NO4. The van der Waals surface area contributed by atoms with Gasteiger partial charge in [-0.1, -0.05) is 0 Å². The van der Waals surface area contributed by atoms with Crippen LogP contribution < -0.4 is 5.32 Å². The standard InChI is InChI=1S/C10H17NO4/c1-14-9(12)6-4-7-3-5-8(11-7)10(13)15-2/h7-8,11H,3-6H2,1-2H3/t7-,8+/m1/s1. The number of hydrogen-bond donors (Lipinski definition) is 1. The Kier molecular flexibility index (Phi) is 4.55. The molecule has 0 radical (unpaired) electrons. The van der Waals surface area contributed by atoms with E-state index in [1.54, 1.807) is 0 Å². The van der Waals surface area contributed by atoms with Gasteiger partial charge in [0.1, 0.15) is 6.04 Å². The highest BCUT2D eigenvalue weighted by molar-refractivity contribution is 5.76. The lowest BCUT2D eigenvalue weighted by Gasteiger charge is -2.11. The van der Waals surface area contributed by atoms with Gasteiger partial charge in [-0.15, -0.1) is 0 Å². The van der Waals surface area contributed by atoms with Crippen LogP contribution in [0.25, 0.3) is 0 Å². The van der Waals surface area contributed by atoms with Crippen molar-refractivity contribution in [1.82, 2.24) is 5.32 Å². The van der Waals surface area contributed by atoms with Crippen LogP contribution in [0.5, 0.6) is 0 Å². The maximum absolute atomic E-state index is 11.2. The van der Waals surface area contributed by atoms with Crippen LogP contribution in [0.15, 0.2) is 0 Å². The average molecular weight is 215 g/mol. The van der Waals surface area contributed by atoms with Gasteiger partial charge in [0.2, 0.25) is 0 Å². The third-order valence-corrected chi connectivity index (χ3v) is 2.65. The minimum Gasteiger partial charge on any atom is -0.469 e. The Morgan fingerprint density at radius 2 is 2.00 bits per heavy atom. The van der Waals surface area contributed by atoms with Crippen molar-refractivity contribution in [2.75, 3.05) is 14.2 Å². The number of rotatable bonds is 4. The summed E-state index contributed by atoms with van der Waals surface area (Å²) in [4.78, 5) is 22.1. The van der Waals surface area contributed by atoms with E-state index < -0.39 is 0 Å². The quantitative estimate of drug-likeness (QED) is 0.680. The molecule has 1 N–H and O–H groups in total. The molecule has 15 heavy (non-hydrogen) atoms. The number of carbonyl (C=O) groups is 2. The monoisotopic (exact) mass is 215 g/mol. The van der Waals surface area contributed by atoms with E-state index >= 15 is 0 Å². The molecule has 1 aliphatic rings. The first kappa shape index (κ1) is 12.0.